The quantitative estimate of drug-likeness (QED) is 0.0255. The molecule has 4 aliphatic heterocycles. The molecule has 48 nitrogen and oxygen atoms in total. The second kappa shape index (κ2) is 25.3. The lowest BCUT2D eigenvalue weighted by Gasteiger charge is -2.25. The number of nitrogens with two attached hydrogens (primary N) is 4. The van der Waals surface area contributed by atoms with E-state index in [2.05, 4.69) is 64.3 Å². The minimum atomic E-state index is -5.68. The van der Waals surface area contributed by atoms with Crippen LogP contribution >= 0.6 is 39.1 Å². The predicted octanol–water partition coefficient (Wildman–Crippen LogP) is -4.20. The third-order valence-corrected chi connectivity index (χ3v) is 18.5. The molecule has 0 radical (unpaired) electrons. The Hall–Kier alpha value is -6.37. The molecule has 4 fully saturated rings. The fourth-order valence-corrected chi connectivity index (χ4v) is 14.1. The third kappa shape index (κ3) is 13.6. The van der Waals surface area contributed by atoms with Gasteiger partial charge < -0.3 is 96.6 Å². The van der Waals surface area contributed by atoms with Crippen molar-refractivity contribution in [3.05, 3.63) is 50.6 Å². The van der Waals surface area contributed by atoms with Gasteiger partial charge in [0.2, 0.25) is 0 Å². The molecule has 4 aliphatic rings. The Kier molecular flexibility index (Phi) is 18.1. The number of aliphatic hydroxyl groups excluding tert-OH is 4. The van der Waals surface area contributed by atoms with Crippen LogP contribution in [0, 0.1) is 0 Å². The number of rotatable bonds is 24. The van der Waals surface area contributed by atoms with Gasteiger partial charge in [0.05, 0.1) is 51.7 Å². The molecule has 3 unspecified atom stereocenters. The lowest BCUT2D eigenvalue weighted by molar-refractivity contribution is -0.0655. The van der Waals surface area contributed by atoms with Gasteiger partial charge in [-0.25, -0.2) is 82.6 Å². The first-order valence-electron chi connectivity index (χ1n) is 26.3. The van der Waals surface area contributed by atoms with Crippen molar-refractivity contribution in [2.75, 3.05) is 49.4 Å². The molecule has 8 aromatic rings. The van der Waals surface area contributed by atoms with Crippen molar-refractivity contribution in [2.45, 2.75) is 98.2 Å². The van der Waals surface area contributed by atoms with Crippen molar-refractivity contribution >= 4 is 107 Å². The molecular weight excluding hydrogens is 1360 g/mol. The molecule has 4 saturated heterocycles. The number of aromatic nitrogens is 16. The molecule has 0 saturated carbocycles. The highest BCUT2D eigenvalue weighted by Gasteiger charge is 2.56. The van der Waals surface area contributed by atoms with E-state index in [1.54, 1.807) is 0 Å². The smallest absolute Gasteiger partial charge is 0.387 e. The van der Waals surface area contributed by atoms with Gasteiger partial charge >= 0.3 is 39.1 Å². The summed E-state index contributed by atoms with van der Waals surface area (Å²) < 4.78 is 135. The largest absolute Gasteiger partial charge is 0.472 e. The molecule has 19 N–H and O–H groups in total. The summed E-state index contributed by atoms with van der Waals surface area (Å²) in [6.45, 7) is -4.43. The van der Waals surface area contributed by atoms with E-state index in [9.17, 15) is 77.5 Å². The maximum absolute atomic E-state index is 14.2. The Morgan fingerprint density at radius 1 is 0.355 bits per heavy atom. The number of nitrogen functional groups attached to an aromatic ring is 4. The van der Waals surface area contributed by atoms with Crippen LogP contribution in [0.3, 0.4) is 0 Å². The van der Waals surface area contributed by atoms with Gasteiger partial charge in [0.1, 0.15) is 121 Å². The molecule has 53 heteroatoms. The SMILES string of the molecule is Nc1ncnc2c1ncn2[C@@H]1O[C@H](COP(=O)(O)O[C@@H]2[C@H](O)[C@@H](COP(=O)(O)O[C@H]3[C@H](O)[C@@H](COP(=O)(O)O[C@@H]4[C@H](O)[C@@H](COP(=O)(O)O)O[C@H]4n4cnc5c(N)ncnc54)O[C@H]3n3cnc4c(N)ncnc43)O[C@H]2n2cnc3c(N)ncnc32)[C@@H](O)[C@H]1OP(=O)(O)O. The van der Waals surface area contributed by atoms with Gasteiger partial charge in [-0.15, -0.1) is 0 Å². The van der Waals surface area contributed by atoms with E-state index in [1.165, 1.54) is 0 Å². The van der Waals surface area contributed by atoms with E-state index in [-0.39, 0.29) is 67.9 Å². The minimum absolute atomic E-state index is 0.000116. The molecule has 0 bridgehead atoms. The molecular formula is C40H51N20O28P5. The predicted molar refractivity (Wildman–Crippen MR) is 295 cm³/mol. The second-order valence-corrected chi connectivity index (χ2v) is 27.1. The van der Waals surface area contributed by atoms with Crippen molar-refractivity contribution in [3.8, 4) is 0 Å². The second-order valence-electron chi connectivity index (χ2n) is 20.4. The molecule has 12 rings (SSSR count). The van der Waals surface area contributed by atoms with Crippen LogP contribution in [0.25, 0.3) is 44.7 Å². The van der Waals surface area contributed by atoms with Crippen LogP contribution in [0.4, 0.5) is 23.3 Å². The van der Waals surface area contributed by atoms with Crippen LogP contribution in [0.1, 0.15) is 24.9 Å². The number of phosphoric ester groups is 5. The van der Waals surface area contributed by atoms with Crippen molar-refractivity contribution in [3.63, 3.8) is 0 Å². The van der Waals surface area contributed by atoms with E-state index in [0.717, 1.165) is 68.9 Å². The zero-order valence-electron chi connectivity index (χ0n) is 46.2. The number of fused-ring (bicyclic) bond motifs is 4. The Morgan fingerprint density at radius 3 is 0.828 bits per heavy atom. The monoisotopic (exact) mass is 1410 g/mol. The molecule has 0 aromatic carbocycles. The average Bonchev–Trinajstić information content (AvgIpc) is 1.64. The summed E-state index contributed by atoms with van der Waals surface area (Å²) in [7, 11) is -27.4. The molecule has 8 aromatic heterocycles. The number of anilines is 4. The standard InChI is InChI=1S/C40H51N20O28P5/c41-29-17-33(49-5-45-29)57(9-53-17)37-25(85-90(68,69)70)21(61)14(82-37)2-78-91(71,72)87-27-23(63)16(84-39(27)59-11-55-19-31(43)47-7-51-35(19)59)4-80-93(75,76)88-28-24(64)15(83-40(28)60-12-56-20-32(44)48-8-52-36(20)60)3-79-92(73,74)86-26-22(62)13(1-77-89(65,66)67)81-38(26)58-10-54-18-30(42)46-6-50-34(18)58/h5-16,21-28,37-40,61-64H,1-4H2,(H,71,72)(H,73,74)(H,75,76)(H2,41,45,49)(H2,42,46,50)(H2,43,47,51)(H2,44,48,52)(H2,65,66,67)(H2,68,69,70)/t13-,14-,15-,16-,21-,22-,23-,24-,25-,26-,27-,28+,37-,38-,39-,40-/m1/s1. The Balaban J connectivity index is 0.757. The van der Waals surface area contributed by atoms with Gasteiger partial charge in [-0.3, -0.25) is 54.5 Å². The van der Waals surface area contributed by atoms with E-state index in [1.807, 2.05) is 0 Å². The summed E-state index contributed by atoms with van der Waals surface area (Å²) in [4.78, 5) is 120. The van der Waals surface area contributed by atoms with Gasteiger partial charge in [0, 0.05) is 0 Å². The summed E-state index contributed by atoms with van der Waals surface area (Å²) in [6.07, 6.45) is -22.3. The highest BCUT2D eigenvalue weighted by atomic mass is 31.2. The van der Waals surface area contributed by atoms with Crippen LogP contribution in [0.5, 0.6) is 0 Å². The molecule has 504 valence electrons. The Morgan fingerprint density at radius 2 is 0.591 bits per heavy atom. The lowest BCUT2D eigenvalue weighted by Crippen LogP contribution is -2.37. The van der Waals surface area contributed by atoms with E-state index >= 15 is 0 Å². The topological polar surface area (TPSA) is 697 Å². The minimum Gasteiger partial charge on any atom is -0.387 e. The van der Waals surface area contributed by atoms with E-state index in [4.69, 9.17) is 73.5 Å². The molecule has 93 heavy (non-hydrogen) atoms. The van der Waals surface area contributed by atoms with Crippen LogP contribution in [0.15, 0.2) is 50.6 Å². The zero-order valence-corrected chi connectivity index (χ0v) is 50.7. The van der Waals surface area contributed by atoms with Crippen molar-refractivity contribution in [2.24, 2.45) is 0 Å². The van der Waals surface area contributed by atoms with Crippen molar-refractivity contribution < 1.29 is 133 Å². The van der Waals surface area contributed by atoms with Crippen molar-refractivity contribution in [1.29, 1.82) is 0 Å². The number of nitrogens with zero attached hydrogens (tertiary/aromatic N) is 16. The number of aliphatic hydroxyl groups is 4. The molecule has 0 aliphatic carbocycles. The van der Waals surface area contributed by atoms with Crippen LogP contribution in [-0.4, -0.2) is 232 Å². The van der Waals surface area contributed by atoms with Crippen LogP contribution in [0.2, 0.25) is 0 Å². The first kappa shape index (κ1) is 66.6. The summed E-state index contributed by atoms with van der Waals surface area (Å²) in [5.74, 6) is -0.560. The van der Waals surface area contributed by atoms with Crippen molar-refractivity contribution in [1.82, 2.24) is 78.1 Å². The van der Waals surface area contributed by atoms with E-state index < -0.39 is 164 Å². The van der Waals surface area contributed by atoms with Gasteiger partial charge in [-0.1, -0.05) is 0 Å². The number of hydrogen-bond donors (Lipinski definition) is 15. The maximum atomic E-state index is 14.2. The summed E-state index contributed by atoms with van der Waals surface area (Å²) in [6, 6.07) is 0. The first-order chi connectivity index (χ1) is 43.8. The fraction of sp³-hybridized carbons (Fsp3) is 0.500. The number of phosphoric acid groups is 5. The molecule has 0 amide bonds. The van der Waals surface area contributed by atoms with Gasteiger partial charge in [-0.05, 0) is 0 Å². The summed E-state index contributed by atoms with van der Waals surface area (Å²) >= 11 is 0. The number of ether oxygens (including phenoxy) is 4. The fourth-order valence-electron chi connectivity index (χ4n) is 10.4. The number of imidazole rings is 4. The van der Waals surface area contributed by atoms with Gasteiger partial charge in [0.15, 0.2) is 70.8 Å². The molecule has 12 heterocycles. The zero-order chi connectivity index (χ0) is 66.4. The number of hydrogen-bond acceptors (Lipinski definition) is 37. The normalized spacial score (nSPS) is 30.7. The Labute approximate surface area is 514 Å². The first-order valence-corrected chi connectivity index (χ1v) is 33.9. The highest BCUT2D eigenvalue weighted by molar-refractivity contribution is 7.48. The highest BCUT2D eigenvalue weighted by Crippen LogP contribution is 2.55. The molecule has 0 spiro atoms. The summed E-state index contributed by atoms with van der Waals surface area (Å²) in [5.41, 5.74) is 23.4. The average molecular weight is 1410 g/mol. The maximum Gasteiger partial charge on any atom is 0.472 e. The molecule has 19 atom stereocenters. The van der Waals surface area contributed by atoms with E-state index in [0.29, 0.717) is 0 Å². The lowest BCUT2D eigenvalue weighted by atomic mass is 10.1. The summed E-state index contributed by atoms with van der Waals surface area (Å²) in [5, 5.41) is 46.3. The van der Waals surface area contributed by atoms with Gasteiger partial charge in [-0.2, -0.15) is 0 Å². The van der Waals surface area contributed by atoms with Crippen LogP contribution < -0.4 is 22.9 Å². The van der Waals surface area contributed by atoms with Crippen LogP contribution in [-0.2, 0) is 78.0 Å². The Bertz CT molecular complexity index is 4350. The van der Waals surface area contributed by atoms with Gasteiger partial charge in [0.25, 0.3) is 0 Å². The third-order valence-electron chi connectivity index (χ3n) is 14.5.